The van der Waals surface area contributed by atoms with E-state index in [1.165, 1.54) is 6.20 Å². The molecular formula is C10H13ClN2O2. The van der Waals surface area contributed by atoms with Crippen LogP contribution < -0.4 is 0 Å². The molecule has 1 saturated heterocycles. The van der Waals surface area contributed by atoms with E-state index in [9.17, 15) is 0 Å². The monoisotopic (exact) mass is 228 g/mol. The lowest BCUT2D eigenvalue weighted by atomic mass is 10.2. The Labute approximate surface area is 93.6 Å². The summed E-state index contributed by atoms with van der Waals surface area (Å²) < 4.78 is 10.9. The average molecular weight is 229 g/mol. The maximum absolute atomic E-state index is 5.61. The van der Waals surface area contributed by atoms with Gasteiger partial charge in [-0.1, -0.05) is 11.6 Å². The molecule has 1 aromatic heterocycles. The minimum Gasteiger partial charge on any atom is -0.376 e. The Morgan fingerprint density at radius 1 is 1.47 bits per heavy atom. The number of rotatable bonds is 4. The average Bonchev–Trinajstić information content (AvgIpc) is 2.74. The molecule has 0 aromatic carbocycles. The Kier molecular flexibility index (Phi) is 3.88. The fraction of sp³-hybridized carbons (Fsp3) is 0.600. The quantitative estimate of drug-likeness (QED) is 0.789. The summed E-state index contributed by atoms with van der Waals surface area (Å²) in [6.07, 6.45) is 5.62. The summed E-state index contributed by atoms with van der Waals surface area (Å²) in [5, 5.41) is 0.401. The zero-order valence-corrected chi connectivity index (χ0v) is 9.11. The molecule has 4 nitrogen and oxygen atoms in total. The first-order valence-electron chi connectivity index (χ1n) is 5.00. The fourth-order valence-corrected chi connectivity index (χ4v) is 1.58. The minimum atomic E-state index is 0.255. The second-order valence-electron chi connectivity index (χ2n) is 3.48. The van der Waals surface area contributed by atoms with Crippen LogP contribution in [-0.4, -0.2) is 29.3 Å². The van der Waals surface area contributed by atoms with Gasteiger partial charge in [0.1, 0.15) is 5.15 Å². The topological polar surface area (TPSA) is 44.2 Å². The molecule has 15 heavy (non-hydrogen) atoms. The van der Waals surface area contributed by atoms with Crippen LogP contribution >= 0.6 is 11.6 Å². The molecule has 1 aliphatic rings. The molecule has 0 bridgehead atoms. The van der Waals surface area contributed by atoms with E-state index >= 15 is 0 Å². The number of hydrogen-bond acceptors (Lipinski definition) is 4. The van der Waals surface area contributed by atoms with Crippen molar-refractivity contribution in [3.63, 3.8) is 0 Å². The molecule has 2 heterocycles. The molecule has 82 valence electrons. The van der Waals surface area contributed by atoms with Crippen LogP contribution in [0.15, 0.2) is 12.4 Å². The lowest BCUT2D eigenvalue weighted by Crippen LogP contribution is -2.14. The van der Waals surface area contributed by atoms with Crippen molar-refractivity contribution in [2.24, 2.45) is 0 Å². The van der Waals surface area contributed by atoms with E-state index < -0.39 is 0 Å². The van der Waals surface area contributed by atoms with E-state index in [2.05, 4.69) is 9.97 Å². The molecule has 0 spiro atoms. The van der Waals surface area contributed by atoms with Crippen LogP contribution in [0, 0.1) is 0 Å². The van der Waals surface area contributed by atoms with Gasteiger partial charge in [0, 0.05) is 6.61 Å². The summed E-state index contributed by atoms with van der Waals surface area (Å²) in [5.74, 6) is 0. The van der Waals surface area contributed by atoms with Gasteiger partial charge in [-0.2, -0.15) is 0 Å². The second kappa shape index (κ2) is 5.39. The zero-order chi connectivity index (χ0) is 10.5. The molecule has 0 radical (unpaired) electrons. The van der Waals surface area contributed by atoms with Crippen LogP contribution in [-0.2, 0) is 16.1 Å². The highest BCUT2D eigenvalue weighted by Gasteiger charge is 2.15. The summed E-state index contributed by atoms with van der Waals surface area (Å²) in [4.78, 5) is 8.00. The summed E-state index contributed by atoms with van der Waals surface area (Å²) in [5.41, 5.74) is 0.789. The summed E-state index contributed by atoms with van der Waals surface area (Å²) in [7, 11) is 0. The summed E-state index contributed by atoms with van der Waals surface area (Å²) in [6.45, 7) is 1.95. The van der Waals surface area contributed by atoms with Gasteiger partial charge in [-0.3, -0.25) is 4.98 Å². The first-order chi connectivity index (χ1) is 7.34. The van der Waals surface area contributed by atoms with E-state index in [4.69, 9.17) is 21.1 Å². The van der Waals surface area contributed by atoms with Crippen molar-refractivity contribution in [1.82, 2.24) is 9.97 Å². The first kappa shape index (κ1) is 10.8. The third-order valence-electron chi connectivity index (χ3n) is 2.25. The van der Waals surface area contributed by atoms with Crippen molar-refractivity contribution in [1.29, 1.82) is 0 Å². The van der Waals surface area contributed by atoms with Crippen molar-refractivity contribution in [3.8, 4) is 0 Å². The second-order valence-corrected chi connectivity index (χ2v) is 3.87. The molecule has 1 aliphatic heterocycles. The number of hydrogen-bond donors (Lipinski definition) is 0. The Morgan fingerprint density at radius 3 is 3.07 bits per heavy atom. The van der Waals surface area contributed by atoms with Gasteiger partial charge in [0.25, 0.3) is 0 Å². The molecule has 1 fully saturated rings. The van der Waals surface area contributed by atoms with Crippen molar-refractivity contribution >= 4 is 11.6 Å². The molecule has 1 unspecified atom stereocenters. The molecule has 5 heteroatoms. The number of ether oxygens (including phenoxy) is 2. The maximum atomic E-state index is 5.61. The molecule has 1 atom stereocenters. The standard InChI is InChI=1S/C10H13ClN2O2/c11-10-5-12-8(4-13-10)6-14-7-9-2-1-3-15-9/h4-5,9H,1-3,6-7H2. The van der Waals surface area contributed by atoms with Gasteiger partial charge in [-0.15, -0.1) is 0 Å². The predicted octanol–water partition coefficient (Wildman–Crippen LogP) is 1.83. The van der Waals surface area contributed by atoms with Gasteiger partial charge in [-0.25, -0.2) is 4.98 Å². The lowest BCUT2D eigenvalue weighted by molar-refractivity contribution is 0.00957. The van der Waals surface area contributed by atoms with E-state index in [0.717, 1.165) is 25.1 Å². The Hall–Kier alpha value is -0.710. The van der Waals surface area contributed by atoms with Gasteiger partial charge >= 0.3 is 0 Å². The first-order valence-corrected chi connectivity index (χ1v) is 5.38. The third kappa shape index (κ3) is 3.41. The largest absolute Gasteiger partial charge is 0.376 e. The number of aromatic nitrogens is 2. The highest BCUT2D eigenvalue weighted by molar-refractivity contribution is 6.29. The SMILES string of the molecule is Clc1cnc(COCC2CCCO2)cn1. The highest BCUT2D eigenvalue weighted by Crippen LogP contribution is 2.12. The number of halogens is 1. The highest BCUT2D eigenvalue weighted by atomic mass is 35.5. The van der Waals surface area contributed by atoms with Crippen LogP contribution in [0.4, 0.5) is 0 Å². The predicted molar refractivity (Wildman–Crippen MR) is 55.7 cm³/mol. The fourth-order valence-electron chi connectivity index (χ4n) is 1.48. The minimum absolute atomic E-state index is 0.255. The van der Waals surface area contributed by atoms with Gasteiger partial charge in [0.15, 0.2) is 0 Å². The van der Waals surface area contributed by atoms with Crippen molar-refractivity contribution in [3.05, 3.63) is 23.2 Å². The lowest BCUT2D eigenvalue weighted by Gasteiger charge is -2.09. The maximum Gasteiger partial charge on any atom is 0.147 e. The molecule has 0 amide bonds. The van der Waals surface area contributed by atoms with Crippen LogP contribution in [0.3, 0.4) is 0 Å². The van der Waals surface area contributed by atoms with Crippen LogP contribution in [0.1, 0.15) is 18.5 Å². The molecule has 0 aliphatic carbocycles. The Morgan fingerprint density at radius 2 is 2.40 bits per heavy atom. The summed E-state index contributed by atoms with van der Waals surface area (Å²) >= 11 is 5.61. The van der Waals surface area contributed by atoms with Crippen molar-refractivity contribution in [2.45, 2.75) is 25.6 Å². The zero-order valence-electron chi connectivity index (χ0n) is 8.36. The molecule has 0 saturated carbocycles. The number of nitrogens with zero attached hydrogens (tertiary/aromatic N) is 2. The van der Waals surface area contributed by atoms with Gasteiger partial charge in [-0.05, 0) is 12.8 Å². The smallest absolute Gasteiger partial charge is 0.147 e. The van der Waals surface area contributed by atoms with Gasteiger partial charge in [0.05, 0.1) is 37.4 Å². The van der Waals surface area contributed by atoms with Gasteiger partial charge in [0.2, 0.25) is 0 Å². The van der Waals surface area contributed by atoms with Crippen LogP contribution in [0.2, 0.25) is 5.15 Å². The molecule has 2 rings (SSSR count). The third-order valence-corrected chi connectivity index (χ3v) is 2.45. The van der Waals surface area contributed by atoms with Gasteiger partial charge < -0.3 is 9.47 Å². The molecule has 0 N–H and O–H groups in total. The van der Waals surface area contributed by atoms with E-state index in [0.29, 0.717) is 18.4 Å². The molecule has 1 aromatic rings. The Balaban J connectivity index is 1.71. The van der Waals surface area contributed by atoms with Crippen molar-refractivity contribution < 1.29 is 9.47 Å². The Bertz CT molecular complexity index is 299. The van der Waals surface area contributed by atoms with Crippen LogP contribution in [0.5, 0.6) is 0 Å². The molecular weight excluding hydrogens is 216 g/mol. The van der Waals surface area contributed by atoms with Crippen molar-refractivity contribution in [2.75, 3.05) is 13.2 Å². The normalized spacial score (nSPS) is 20.7. The van der Waals surface area contributed by atoms with E-state index in [1.54, 1.807) is 6.20 Å². The van der Waals surface area contributed by atoms with E-state index in [1.807, 2.05) is 0 Å². The summed E-state index contributed by atoms with van der Waals surface area (Å²) in [6, 6.07) is 0. The van der Waals surface area contributed by atoms with Crippen LogP contribution in [0.25, 0.3) is 0 Å². The van der Waals surface area contributed by atoms with E-state index in [-0.39, 0.29) is 6.10 Å².